The maximum Gasteiger partial charge on any atom is 0.341 e. The van der Waals surface area contributed by atoms with Crippen LogP contribution in [0.2, 0.25) is 0 Å². The number of hydrogen-bond donors (Lipinski definition) is 2. The molecule has 1 aliphatic heterocycles. The lowest BCUT2D eigenvalue weighted by Gasteiger charge is -2.38. The van der Waals surface area contributed by atoms with E-state index >= 15 is 0 Å². The minimum Gasteiger partial charge on any atom is -0.481 e. The third-order valence-electron chi connectivity index (χ3n) is 5.11. The number of hydrogen-bond acceptors (Lipinski definition) is 4. The van der Waals surface area contributed by atoms with E-state index in [0.29, 0.717) is 16.9 Å². The second kappa shape index (κ2) is 8.29. The molecule has 0 radical (unpaired) electrons. The van der Waals surface area contributed by atoms with Crippen molar-refractivity contribution in [1.82, 2.24) is 0 Å². The maximum atomic E-state index is 13.5. The summed E-state index contributed by atoms with van der Waals surface area (Å²) in [6.45, 7) is 1.62. The fourth-order valence-electron chi connectivity index (χ4n) is 3.61. The SMILES string of the molecule is CCc1ccc(N2C(=O)c3ccccc3N[C@H]2c2ccccc2OCC(=O)O)cc1. The van der Waals surface area contributed by atoms with Gasteiger partial charge in [-0.05, 0) is 42.3 Å². The Morgan fingerprint density at radius 2 is 1.73 bits per heavy atom. The molecule has 6 heteroatoms. The summed E-state index contributed by atoms with van der Waals surface area (Å²) < 4.78 is 5.52. The van der Waals surface area contributed by atoms with Gasteiger partial charge in [-0.15, -0.1) is 0 Å². The molecule has 0 saturated carbocycles. The Kier molecular flexibility index (Phi) is 5.39. The second-order valence-electron chi connectivity index (χ2n) is 7.01. The van der Waals surface area contributed by atoms with E-state index in [0.717, 1.165) is 17.8 Å². The van der Waals surface area contributed by atoms with Crippen molar-refractivity contribution in [2.24, 2.45) is 0 Å². The molecule has 3 aromatic rings. The van der Waals surface area contributed by atoms with Crippen LogP contribution in [-0.2, 0) is 11.2 Å². The monoisotopic (exact) mass is 402 g/mol. The lowest BCUT2D eigenvalue weighted by molar-refractivity contribution is -0.139. The largest absolute Gasteiger partial charge is 0.481 e. The molecule has 6 nitrogen and oxygen atoms in total. The first-order chi connectivity index (χ1) is 14.6. The molecule has 4 rings (SSSR count). The quantitative estimate of drug-likeness (QED) is 0.635. The van der Waals surface area contributed by atoms with Gasteiger partial charge < -0.3 is 15.2 Å². The van der Waals surface area contributed by atoms with Crippen LogP contribution >= 0.6 is 0 Å². The molecule has 0 bridgehead atoms. The third kappa shape index (κ3) is 3.72. The number of carboxylic acid groups (broad SMARTS) is 1. The van der Waals surface area contributed by atoms with Gasteiger partial charge in [-0.3, -0.25) is 9.69 Å². The summed E-state index contributed by atoms with van der Waals surface area (Å²) in [4.78, 5) is 26.2. The van der Waals surface area contributed by atoms with Crippen LogP contribution in [0.1, 0.15) is 34.6 Å². The number of carboxylic acids is 1. The van der Waals surface area contributed by atoms with Gasteiger partial charge in [0.05, 0.1) is 5.56 Å². The number of benzene rings is 3. The summed E-state index contributed by atoms with van der Waals surface area (Å²) in [5.74, 6) is -0.777. The van der Waals surface area contributed by atoms with Gasteiger partial charge in [-0.2, -0.15) is 0 Å². The summed E-state index contributed by atoms with van der Waals surface area (Å²) in [5, 5.41) is 12.4. The van der Waals surface area contributed by atoms with Crippen molar-refractivity contribution in [1.29, 1.82) is 0 Å². The number of aliphatic carboxylic acids is 1. The molecule has 0 aliphatic carbocycles. The first-order valence-electron chi connectivity index (χ1n) is 9.80. The highest BCUT2D eigenvalue weighted by molar-refractivity contribution is 6.12. The molecule has 1 aliphatic rings. The maximum absolute atomic E-state index is 13.5. The zero-order chi connectivity index (χ0) is 21.1. The van der Waals surface area contributed by atoms with E-state index < -0.39 is 18.7 Å². The molecule has 0 unspecified atom stereocenters. The number of para-hydroxylation sites is 2. The Morgan fingerprint density at radius 3 is 2.47 bits per heavy atom. The van der Waals surface area contributed by atoms with E-state index in [9.17, 15) is 9.59 Å². The van der Waals surface area contributed by atoms with Crippen molar-refractivity contribution in [3.63, 3.8) is 0 Å². The van der Waals surface area contributed by atoms with Crippen molar-refractivity contribution in [2.75, 3.05) is 16.8 Å². The van der Waals surface area contributed by atoms with Crippen molar-refractivity contribution < 1.29 is 19.4 Å². The van der Waals surface area contributed by atoms with E-state index in [4.69, 9.17) is 9.84 Å². The summed E-state index contributed by atoms with van der Waals surface area (Å²) in [6, 6.07) is 22.4. The van der Waals surface area contributed by atoms with Gasteiger partial charge in [-0.25, -0.2) is 4.79 Å². The van der Waals surface area contributed by atoms with Crippen LogP contribution in [0.25, 0.3) is 0 Å². The molecule has 0 spiro atoms. The number of rotatable bonds is 6. The highest BCUT2D eigenvalue weighted by atomic mass is 16.5. The molecular weight excluding hydrogens is 380 g/mol. The number of carbonyl (C=O) groups is 2. The number of nitrogens with zero attached hydrogens (tertiary/aromatic N) is 1. The normalized spacial score (nSPS) is 15.3. The number of anilines is 2. The first-order valence-corrected chi connectivity index (χ1v) is 9.80. The van der Waals surface area contributed by atoms with Gasteiger partial charge in [0, 0.05) is 16.9 Å². The predicted molar refractivity (Wildman–Crippen MR) is 115 cm³/mol. The molecular formula is C24H22N2O4. The average Bonchev–Trinajstić information content (AvgIpc) is 2.78. The predicted octanol–water partition coefficient (Wildman–Crippen LogP) is 4.48. The Labute approximate surface area is 174 Å². The van der Waals surface area contributed by atoms with Crippen molar-refractivity contribution in [2.45, 2.75) is 19.5 Å². The standard InChI is InChI=1S/C24H22N2O4/c1-2-16-11-13-17(14-12-16)26-23(25-20-9-5-3-7-18(20)24(26)29)19-8-4-6-10-21(19)30-15-22(27)28/h3-14,23,25H,2,15H2,1H3,(H,27,28)/t23-/m1/s1. The summed E-state index contributed by atoms with van der Waals surface area (Å²) in [7, 11) is 0. The lowest BCUT2D eigenvalue weighted by Crippen LogP contribution is -2.43. The number of amides is 1. The van der Waals surface area contributed by atoms with Crippen LogP contribution in [0.15, 0.2) is 72.8 Å². The van der Waals surface area contributed by atoms with Crippen molar-refractivity contribution in [3.8, 4) is 5.75 Å². The zero-order valence-electron chi connectivity index (χ0n) is 16.5. The number of nitrogens with one attached hydrogen (secondary N) is 1. The van der Waals surface area contributed by atoms with E-state index in [1.54, 1.807) is 23.1 Å². The van der Waals surface area contributed by atoms with Gasteiger partial charge >= 0.3 is 5.97 Å². The van der Waals surface area contributed by atoms with E-state index in [1.165, 1.54) is 5.56 Å². The highest BCUT2D eigenvalue weighted by Crippen LogP contribution is 2.39. The first kappa shape index (κ1) is 19.5. The van der Waals surface area contributed by atoms with E-state index in [2.05, 4.69) is 12.2 Å². The van der Waals surface area contributed by atoms with Crippen molar-refractivity contribution in [3.05, 3.63) is 89.5 Å². The van der Waals surface area contributed by atoms with Crippen LogP contribution in [0.3, 0.4) is 0 Å². The Hall–Kier alpha value is -3.80. The van der Waals surface area contributed by atoms with Gasteiger partial charge in [0.15, 0.2) is 6.61 Å². The van der Waals surface area contributed by atoms with Gasteiger partial charge in [-0.1, -0.05) is 49.4 Å². The summed E-state index contributed by atoms with van der Waals surface area (Å²) in [6.07, 6.45) is 0.356. The number of carbonyl (C=O) groups excluding carboxylic acids is 1. The molecule has 30 heavy (non-hydrogen) atoms. The van der Waals surface area contributed by atoms with Gasteiger partial charge in [0.1, 0.15) is 11.9 Å². The molecule has 1 heterocycles. The molecule has 152 valence electrons. The molecule has 0 aromatic heterocycles. The molecule has 1 amide bonds. The molecule has 1 atom stereocenters. The zero-order valence-corrected chi connectivity index (χ0v) is 16.5. The molecule has 0 saturated heterocycles. The van der Waals surface area contributed by atoms with Crippen LogP contribution in [-0.4, -0.2) is 23.6 Å². The molecule has 2 N–H and O–H groups in total. The topological polar surface area (TPSA) is 78.9 Å². The third-order valence-corrected chi connectivity index (χ3v) is 5.11. The average molecular weight is 402 g/mol. The van der Waals surface area contributed by atoms with Crippen LogP contribution in [0.4, 0.5) is 11.4 Å². The smallest absolute Gasteiger partial charge is 0.341 e. The van der Waals surface area contributed by atoms with E-state index in [-0.39, 0.29) is 5.91 Å². The van der Waals surface area contributed by atoms with Gasteiger partial charge in [0.2, 0.25) is 0 Å². The van der Waals surface area contributed by atoms with E-state index in [1.807, 2.05) is 54.6 Å². The minimum atomic E-state index is -1.06. The molecule has 0 fully saturated rings. The number of aryl methyl sites for hydroxylation is 1. The highest BCUT2D eigenvalue weighted by Gasteiger charge is 2.35. The number of fused-ring (bicyclic) bond motifs is 1. The molecule has 3 aromatic carbocycles. The van der Waals surface area contributed by atoms with Crippen molar-refractivity contribution >= 4 is 23.3 Å². The summed E-state index contributed by atoms with van der Waals surface area (Å²) >= 11 is 0. The van der Waals surface area contributed by atoms with Crippen LogP contribution in [0, 0.1) is 0 Å². The Bertz CT molecular complexity index is 1080. The van der Waals surface area contributed by atoms with Crippen LogP contribution in [0.5, 0.6) is 5.75 Å². The number of ether oxygens (including phenoxy) is 1. The second-order valence-corrected chi connectivity index (χ2v) is 7.01. The fraction of sp³-hybridized carbons (Fsp3) is 0.167. The summed E-state index contributed by atoms with van der Waals surface area (Å²) in [5.41, 5.74) is 3.91. The fourth-order valence-corrected chi connectivity index (χ4v) is 3.61. The lowest BCUT2D eigenvalue weighted by atomic mass is 10.0. The van der Waals surface area contributed by atoms with Crippen LogP contribution < -0.4 is 15.0 Å². The Morgan fingerprint density at radius 1 is 1.03 bits per heavy atom. The Balaban J connectivity index is 1.81. The van der Waals surface area contributed by atoms with Gasteiger partial charge in [0.25, 0.3) is 5.91 Å². The minimum absolute atomic E-state index is 0.133.